The van der Waals surface area contributed by atoms with Crippen molar-refractivity contribution in [1.29, 1.82) is 0 Å². The van der Waals surface area contributed by atoms with Gasteiger partial charge in [0.05, 0.1) is 11.7 Å². The van der Waals surface area contributed by atoms with Crippen molar-refractivity contribution in [2.75, 3.05) is 25.0 Å². The van der Waals surface area contributed by atoms with E-state index >= 15 is 0 Å². The third kappa shape index (κ3) is 2.20. The minimum absolute atomic E-state index is 0.0195. The Labute approximate surface area is 142 Å². The monoisotopic (exact) mass is 326 g/mol. The van der Waals surface area contributed by atoms with Crippen LogP contribution in [0.1, 0.15) is 31.0 Å². The Morgan fingerprint density at radius 1 is 1.21 bits per heavy atom. The van der Waals surface area contributed by atoms with E-state index in [0.717, 1.165) is 35.7 Å². The average molecular weight is 326 g/mol. The van der Waals surface area contributed by atoms with Gasteiger partial charge in [-0.25, -0.2) is 4.39 Å². The maximum atomic E-state index is 14.7. The number of anilines is 1. The molecule has 2 aromatic rings. The summed E-state index contributed by atoms with van der Waals surface area (Å²) in [5.41, 5.74) is 2.87. The van der Waals surface area contributed by atoms with Gasteiger partial charge in [-0.05, 0) is 24.7 Å². The molecule has 0 radical (unpaired) electrons. The highest BCUT2D eigenvalue weighted by atomic mass is 19.1. The quantitative estimate of drug-likeness (QED) is 0.932. The Morgan fingerprint density at radius 2 is 2.00 bits per heavy atom. The van der Waals surface area contributed by atoms with Gasteiger partial charge in [0.25, 0.3) is 0 Å². The smallest absolute Gasteiger partial charge is 0.146 e. The summed E-state index contributed by atoms with van der Waals surface area (Å²) in [4.78, 5) is 2.21. The molecule has 0 bridgehead atoms. The Kier molecular flexibility index (Phi) is 3.53. The molecule has 24 heavy (non-hydrogen) atoms. The van der Waals surface area contributed by atoms with Gasteiger partial charge in [0.1, 0.15) is 17.7 Å². The van der Waals surface area contributed by atoms with Crippen molar-refractivity contribution in [2.45, 2.75) is 31.4 Å². The van der Waals surface area contributed by atoms with E-state index in [1.807, 2.05) is 37.4 Å². The standard InChI is InChI=1S/C20H23FN2O/c1-20(2)12-23(19-14(20)8-6-9-15(19)21)18-13-7-4-5-10-16(13)24-17(18)11-22-3/h4-10,17-18,22H,11-12H2,1-3H3/t17-,18+/m0/s1. The molecule has 2 atom stereocenters. The number of nitrogens with one attached hydrogen (secondary N) is 1. The molecule has 2 aromatic carbocycles. The minimum atomic E-state index is -0.148. The fourth-order valence-corrected chi connectivity index (χ4v) is 4.16. The van der Waals surface area contributed by atoms with Gasteiger partial charge >= 0.3 is 0 Å². The summed E-state index contributed by atoms with van der Waals surface area (Å²) < 4.78 is 20.9. The van der Waals surface area contributed by atoms with Gasteiger partial charge in [0.2, 0.25) is 0 Å². The van der Waals surface area contributed by atoms with Crippen LogP contribution < -0.4 is 15.0 Å². The van der Waals surface area contributed by atoms with Crippen LogP contribution in [0.3, 0.4) is 0 Å². The Bertz CT molecular complexity index is 774. The zero-order chi connectivity index (χ0) is 16.9. The molecule has 3 nitrogen and oxygen atoms in total. The zero-order valence-corrected chi connectivity index (χ0v) is 14.3. The summed E-state index contributed by atoms with van der Waals surface area (Å²) in [7, 11) is 1.92. The number of likely N-dealkylation sites (N-methyl/N-ethyl adjacent to an activating group) is 1. The number of hydrogen-bond acceptors (Lipinski definition) is 3. The molecule has 1 N–H and O–H groups in total. The third-order valence-electron chi connectivity index (χ3n) is 5.18. The van der Waals surface area contributed by atoms with Crippen molar-refractivity contribution in [2.24, 2.45) is 0 Å². The van der Waals surface area contributed by atoms with E-state index in [9.17, 15) is 4.39 Å². The second-order valence-corrected chi connectivity index (χ2v) is 7.34. The van der Waals surface area contributed by atoms with E-state index in [-0.39, 0.29) is 23.4 Å². The fourth-order valence-electron chi connectivity index (χ4n) is 4.16. The lowest BCUT2D eigenvalue weighted by Gasteiger charge is -2.32. The van der Waals surface area contributed by atoms with Crippen molar-refractivity contribution in [1.82, 2.24) is 5.32 Å². The Balaban J connectivity index is 1.84. The van der Waals surface area contributed by atoms with Crippen molar-refractivity contribution in [3.05, 3.63) is 59.4 Å². The fraction of sp³-hybridized carbons (Fsp3) is 0.400. The number of nitrogens with zero attached hydrogens (tertiary/aromatic N) is 1. The molecule has 2 heterocycles. The van der Waals surface area contributed by atoms with Gasteiger partial charge in [-0.3, -0.25) is 0 Å². The highest BCUT2D eigenvalue weighted by Gasteiger charge is 2.46. The number of ether oxygens (including phenoxy) is 1. The van der Waals surface area contributed by atoms with E-state index < -0.39 is 0 Å². The van der Waals surface area contributed by atoms with Gasteiger partial charge in [0.15, 0.2) is 0 Å². The number of hydrogen-bond donors (Lipinski definition) is 1. The summed E-state index contributed by atoms with van der Waals surface area (Å²) in [5.74, 6) is 0.760. The van der Waals surface area contributed by atoms with Crippen molar-refractivity contribution < 1.29 is 9.13 Å². The highest BCUT2D eigenvalue weighted by Crippen LogP contribution is 2.50. The Morgan fingerprint density at radius 3 is 2.79 bits per heavy atom. The first-order valence-electron chi connectivity index (χ1n) is 8.49. The van der Waals surface area contributed by atoms with Crippen LogP contribution in [0.15, 0.2) is 42.5 Å². The van der Waals surface area contributed by atoms with Gasteiger partial charge in [0, 0.05) is 24.1 Å². The van der Waals surface area contributed by atoms with Crippen LogP contribution in [0.5, 0.6) is 5.75 Å². The molecule has 0 saturated heterocycles. The lowest BCUT2D eigenvalue weighted by Crippen LogP contribution is -2.41. The lowest BCUT2D eigenvalue weighted by molar-refractivity contribution is 0.200. The van der Waals surface area contributed by atoms with E-state index in [2.05, 4.69) is 30.1 Å². The predicted molar refractivity (Wildman–Crippen MR) is 94.3 cm³/mol. The molecule has 0 aromatic heterocycles. The van der Waals surface area contributed by atoms with Crippen LogP contribution in [-0.2, 0) is 5.41 Å². The highest BCUT2D eigenvalue weighted by molar-refractivity contribution is 5.65. The number of fused-ring (bicyclic) bond motifs is 2. The topological polar surface area (TPSA) is 24.5 Å². The van der Waals surface area contributed by atoms with Crippen LogP contribution in [0.25, 0.3) is 0 Å². The van der Waals surface area contributed by atoms with Crippen LogP contribution in [0, 0.1) is 5.82 Å². The zero-order valence-electron chi connectivity index (χ0n) is 14.3. The summed E-state index contributed by atoms with van der Waals surface area (Å²) >= 11 is 0. The lowest BCUT2D eigenvalue weighted by atomic mass is 9.87. The van der Waals surface area contributed by atoms with E-state index in [4.69, 9.17) is 4.74 Å². The molecule has 126 valence electrons. The summed E-state index contributed by atoms with van der Waals surface area (Å²) in [6.45, 7) is 5.87. The summed E-state index contributed by atoms with van der Waals surface area (Å²) in [6.07, 6.45) is -0.0336. The molecular weight excluding hydrogens is 303 g/mol. The number of rotatable bonds is 3. The summed E-state index contributed by atoms with van der Waals surface area (Å²) in [6, 6.07) is 13.5. The maximum Gasteiger partial charge on any atom is 0.146 e. The first-order valence-corrected chi connectivity index (χ1v) is 8.49. The van der Waals surface area contributed by atoms with Crippen LogP contribution >= 0.6 is 0 Å². The first-order chi connectivity index (χ1) is 11.5. The number of halogens is 1. The second kappa shape index (κ2) is 5.49. The van der Waals surface area contributed by atoms with Crippen LogP contribution in [-0.4, -0.2) is 26.2 Å². The molecule has 0 spiro atoms. The second-order valence-electron chi connectivity index (χ2n) is 7.34. The molecular formula is C20H23FN2O. The number of para-hydroxylation sites is 2. The minimum Gasteiger partial charge on any atom is -0.486 e. The first kappa shape index (κ1) is 15.5. The largest absolute Gasteiger partial charge is 0.486 e. The van der Waals surface area contributed by atoms with Crippen molar-refractivity contribution in [3.8, 4) is 5.75 Å². The van der Waals surface area contributed by atoms with E-state index in [0.29, 0.717) is 0 Å². The van der Waals surface area contributed by atoms with Crippen LogP contribution in [0.2, 0.25) is 0 Å². The molecule has 4 heteroatoms. The van der Waals surface area contributed by atoms with Gasteiger partial charge in [-0.1, -0.05) is 44.2 Å². The SMILES string of the molecule is CNC[C@@H]1Oc2ccccc2[C@H]1N1CC(C)(C)c2cccc(F)c21. The van der Waals surface area contributed by atoms with Gasteiger partial charge < -0.3 is 15.0 Å². The van der Waals surface area contributed by atoms with Crippen molar-refractivity contribution >= 4 is 5.69 Å². The van der Waals surface area contributed by atoms with Crippen LogP contribution in [0.4, 0.5) is 10.1 Å². The molecule has 0 unspecified atom stereocenters. The van der Waals surface area contributed by atoms with E-state index in [1.54, 1.807) is 6.07 Å². The summed E-state index contributed by atoms with van der Waals surface area (Å²) in [5, 5.41) is 3.21. The molecule has 2 aliphatic rings. The molecule has 0 amide bonds. The van der Waals surface area contributed by atoms with Gasteiger partial charge in [-0.2, -0.15) is 0 Å². The molecule has 4 rings (SSSR count). The molecule has 0 aliphatic carbocycles. The molecule has 0 fully saturated rings. The molecule has 0 saturated carbocycles. The maximum absolute atomic E-state index is 14.7. The normalized spacial score (nSPS) is 23.8. The number of benzene rings is 2. The van der Waals surface area contributed by atoms with E-state index in [1.165, 1.54) is 0 Å². The third-order valence-corrected chi connectivity index (χ3v) is 5.18. The van der Waals surface area contributed by atoms with Crippen molar-refractivity contribution in [3.63, 3.8) is 0 Å². The Hall–Kier alpha value is -2.07. The van der Waals surface area contributed by atoms with Gasteiger partial charge in [-0.15, -0.1) is 0 Å². The average Bonchev–Trinajstić information content (AvgIpc) is 3.03. The molecule has 2 aliphatic heterocycles. The predicted octanol–water partition coefficient (Wildman–Crippen LogP) is 3.65.